The van der Waals surface area contributed by atoms with E-state index in [2.05, 4.69) is 48.8 Å². The molecule has 1 aliphatic carbocycles. The molecule has 0 fully saturated rings. The summed E-state index contributed by atoms with van der Waals surface area (Å²) in [5.41, 5.74) is 3.11. The summed E-state index contributed by atoms with van der Waals surface area (Å²) in [5, 5.41) is 6.95. The normalized spacial score (nSPS) is 25.1. The average molecular weight is 250 g/mol. The number of hydrogen-bond donors (Lipinski definition) is 2. The minimum Gasteiger partial charge on any atom is -0.384 e. The van der Waals surface area contributed by atoms with Crippen LogP contribution in [0.15, 0.2) is 35.6 Å². The first kappa shape index (κ1) is 15.0. The summed E-state index contributed by atoms with van der Waals surface area (Å²) in [5.74, 6) is 0. The van der Waals surface area contributed by atoms with Gasteiger partial charge in [-0.3, -0.25) is 0 Å². The smallest absolute Gasteiger partial charge is 0.0376 e. The first-order chi connectivity index (χ1) is 8.76. The van der Waals surface area contributed by atoms with E-state index in [1.54, 1.807) is 0 Å². The predicted octanol–water partition coefficient (Wildman–Crippen LogP) is 3.64. The molecule has 0 aromatic carbocycles. The lowest BCUT2D eigenvalue weighted by molar-refractivity contribution is 0.382. The molecule has 2 aliphatic rings. The molecule has 0 saturated heterocycles. The van der Waals surface area contributed by atoms with Crippen molar-refractivity contribution in [2.75, 3.05) is 19.6 Å². The van der Waals surface area contributed by atoms with Crippen LogP contribution >= 0.6 is 0 Å². The minimum absolute atomic E-state index is 0. The van der Waals surface area contributed by atoms with Gasteiger partial charge in [0.25, 0.3) is 0 Å². The van der Waals surface area contributed by atoms with Gasteiger partial charge >= 0.3 is 0 Å². The van der Waals surface area contributed by atoms with E-state index in [4.69, 9.17) is 0 Å². The second-order valence-electron chi connectivity index (χ2n) is 4.89. The highest BCUT2D eigenvalue weighted by Gasteiger charge is 2.34. The molecule has 0 radical (unpaired) electrons. The van der Waals surface area contributed by atoms with Crippen molar-refractivity contribution < 1.29 is 1.43 Å². The highest BCUT2D eigenvalue weighted by molar-refractivity contribution is 5.43. The van der Waals surface area contributed by atoms with E-state index >= 15 is 0 Å². The fourth-order valence-electron chi connectivity index (χ4n) is 2.46. The van der Waals surface area contributed by atoms with Crippen molar-refractivity contribution in [3.8, 4) is 0 Å². The molecule has 1 heterocycles. The van der Waals surface area contributed by atoms with Gasteiger partial charge in [-0.25, -0.2) is 0 Å². The molecule has 2 heteroatoms. The Balaban J connectivity index is 0.00000103. The van der Waals surface area contributed by atoms with Crippen LogP contribution in [-0.2, 0) is 0 Å². The molecule has 0 spiro atoms. The van der Waals surface area contributed by atoms with Crippen molar-refractivity contribution in [3.63, 3.8) is 0 Å². The summed E-state index contributed by atoms with van der Waals surface area (Å²) in [7, 11) is 0. The van der Waals surface area contributed by atoms with Crippen LogP contribution in [-0.4, -0.2) is 19.6 Å². The molecule has 0 aromatic heterocycles. The zero-order valence-corrected chi connectivity index (χ0v) is 12.3. The zero-order chi connectivity index (χ0) is 13.4. The molecule has 1 aliphatic heterocycles. The van der Waals surface area contributed by atoms with Crippen LogP contribution in [0.5, 0.6) is 0 Å². The monoisotopic (exact) mass is 250 g/mol. The lowest BCUT2D eigenvalue weighted by Gasteiger charge is -2.25. The maximum Gasteiger partial charge on any atom is 0.0376 e. The third-order valence-corrected chi connectivity index (χ3v) is 3.55. The van der Waals surface area contributed by atoms with Gasteiger partial charge in [0.05, 0.1) is 0 Å². The first-order valence-corrected chi connectivity index (χ1v) is 7.29. The lowest BCUT2D eigenvalue weighted by atomic mass is 9.80. The molecule has 1 atom stereocenters. The summed E-state index contributed by atoms with van der Waals surface area (Å²) < 4.78 is 0. The third kappa shape index (κ3) is 3.49. The average Bonchev–Trinajstić information content (AvgIpc) is 2.59. The summed E-state index contributed by atoms with van der Waals surface area (Å²) in [6.07, 6.45) is 11.3. The highest BCUT2D eigenvalue weighted by Crippen LogP contribution is 2.38. The second-order valence-corrected chi connectivity index (χ2v) is 4.89. The van der Waals surface area contributed by atoms with Crippen LogP contribution < -0.4 is 10.6 Å². The molecule has 0 aromatic rings. The zero-order valence-electron chi connectivity index (χ0n) is 12.3. The SMILES string of the molecule is CC.CCNCCC1(C)CNC2=C1C=CCC=C2.[HH]. The van der Waals surface area contributed by atoms with Gasteiger partial charge in [0.1, 0.15) is 0 Å². The van der Waals surface area contributed by atoms with Crippen molar-refractivity contribution in [3.05, 3.63) is 35.6 Å². The maximum absolute atomic E-state index is 3.53. The Morgan fingerprint density at radius 3 is 2.78 bits per heavy atom. The topological polar surface area (TPSA) is 24.1 Å². The highest BCUT2D eigenvalue weighted by atomic mass is 14.9. The van der Waals surface area contributed by atoms with Crippen molar-refractivity contribution in [1.29, 1.82) is 0 Å². The van der Waals surface area contributed by atoms with E-state index in [0.29, 0.717) is 5.41 Å². The Hall–Kier alpha value is -1.02. The van der Waals surface area contributed by atoms with Crippen LogP contribution in [0.25, 0.3) is 0 Å². The number of hydrogen-bond acceptors (Lipinski definition) is 2. The number of rotatable bonds is 4. The van der Waals surface area contributed by atoms with E-state index in [1.807, 2.05) is 13.8 Å². The van der Waals surface area contributed by atoms with Gasteiger partial charge in [-0.2, -0.15) is 0 Å². The molecule has 104 valence electrons. The van der Waals surface area contributed by atoms with Crippen molar-refractivity contribution >= 4 is 0 Å². The molecule has 1 unspecified atom stereocenters. The van der Waals surface area contributed by atoms with Crippen LogP contribution in [0.1, 0.15) is 42.0 Å². The fourth-order valence-corrected chi connectivity index (χ4v) is 2.46. The molecule has 2 rings (SSSR count). The first-order valence-electron chi connectivity index (χ1n) is 7.29. The molecule has 0 bridgehead atoms. The summed E-state index contributed by atoms with van der Waals surface area (Å²) >= 11 is 0. The quantitative estimate of drug-likeness (QED) is 0.744. The summed E-state index contributed by atoms with van der Waals surface area (Å²) in [6, 6.07) is 0. The Kier molecular flexibility index (Phi) is 6.20. The van der Waals surface area contributed by atoms with Crippen molar-refractivity contribution in [1.82, 2.24) is 10.6 Å². The van der Waals surface area contributed by atoms with Crippen LogP contribution in [0.3, 0.4) is 0 Å². The van der Waals surface area contributed by atoms with Gasteiger partial charge in [-0.1, -0.05) is 45.9 Å². The van der Waals surface area contributed by atoms with Gasteiger partial charge < -0.3 is 10.6 Å². The van der Waals surface area contributed by atoms with Gasteiger partial charge in [0.15, 0.2) is 0 Å². The van der Waals surface area contributed by atoms with Crippen LogP contribution in [0.2, 0.25) is 0 Å². The molecule has 2 nitrogen and oxygen atoms in total. The van der Waals surface area contributed by atoms with E-state index in [-0.39, 0.29) is 1.43 Å². The third-order valence-electron chi connectivity index (χ3n) is 3.55. The molecular weight excluding hydrogens is 220 g/mol. The minimum atomic E-state index is 0. The Bertz CT molecular complexity index is 345. The summed E-state index contributed by atoms with van der Waals surface area (Å²) in [4.78, 5) is 0. The van der Waals surface area contributed by atoms with Crippen LogP contribution in [0.4, 0.5) is 0 Å². The molecule has 18 heavy (non-hydrogen) atoms. The standard InChI is InChI=1S/C14H22N2.C2H6.H2/c1-3-15-10-9-14(2)11-16-13-8-6-4-5-7-12(13)14;1-2;/h5-8,15-16H,3-4,9-11H2,1-2H3;1-2H3;1H. The van der Waals surface area contributed by atoms with Gasteiger partial charge in [-0.05, 0) is 37.6 Å². The maximum atomic E-state index is 3.53. The largest absolute Gasteiger partial charge is 0.384 e. The van der Waals surface area contributed by atoms with E-state index < -0.39 is 0 Å². The second kappa shape index (κ2) is 7.42. The number of nitrogens with one attached hydrogen (secondary N) is 2. The van der Waals surface area contributed by atoms with E-state index in [9.17, 15) is 0 Å². The van der Waals surface area contributed by atoms with Gasteiger partial charge in [-0.15, -0.1) is 0 Å². The molecule has 2 N–H and O–H groups in total. The summed E-state index contributed by atoms with van der Waals surface area (Å²) in [6.45, 7) is 11.8. The Morgan fingerprint density at radius 2 is 2.06 bits per heavy atom. The van der Waals surface area contributed by atoms with Crippen molar-refractivity contribution in [2.24, 2.45) is 5.41 Å². The lowest BCUT2D eigenvalue weighted by Crippen LogP contribution is -2.29. The molecular formula is C16H30N2. The van der Waals surface area contributed by atoms with E-state index in [1.165, 1.54) is 17.7 Å². The van der Waals surface area contributed by atoms with Gasteiger partial charge in [0.2, 0.25) is 0 Å². The molecule has 0 saturated carbocycles. The molecule has 0 amide bonds. The van der Waals surface area contributed by atoms with E-state index in [0.717, 1.165) is 26.1 Å². The van der Waals surface area contributed by atoms with Crippen molar-refractivity contribution in [2.45, 2.75) is 40.5 Å². The fraction of sp³-hybridized carbons (Fsp3) is 0.625. The van der Waals surface area contributed by atoms with Gasteiger partial charge in [0, 0.05) is 19.1 Å². The Labute approximate surface area is 114 Å². The number of allylic oxidation sites excluding steroid dienone is 4. The predicted molar refractivity (Wildman–Crippen MR) is 82.7 cm³/mol. The van der Waals surface area contributed by atoms with Crippen LogP contribution in [0, 0.1) is 5.41 Å². The Morgan fingerprint density at radius 1 is 1.33 bits per heavy atom.